The summed E-state index contributed by atoms with van der Waals surface area (Å²) in [6.07, 6.45) is 1.48. The summed E-state index contributed by atoms with van der Waals surface area (Å²) in [5.41, 5.74) is 0. The van der Waals surface area contributed by atoms with Gasteiger partial charge in [0.05, 0.1) is 0 Å². The number of hydrogen-bond acceptors (Lipinski definition) is 0. The molecule has 3 unspecified atom stereocenters. The van der Waals surface area contributed by atoms with Gasteiger partial charge in [-0.05, 0) is 18.3 Å². The molecule has 0 heterocycles. The maximum absolute atomic E-state index is 2.34. The average Bonchev–Trinajstić information content (AvgIpc) is 2.17. The van der Waals surface area contributed by atoms with Crippen LogP contribution in [0.15, 0.2) is 0 Å². The van der Waals surface area contributed by atoms with Crippen LogP contribution in [0.1, 0.15) is 20.3 Å². The molecule has 3 atom stereocenters. The molecule has 1 rings (SSSR count). The van der Waals surface area contributed by atoms with Gasteiger partial charge in [-0.25, -0.2) is 0 Å². The molecule has 1 aliphatic carbocycles. The minimum atomic E-state index is 0.940. The first-order valence-corrected chi connectivity index (χ1v) is 3.22. The van der Waals surface area contributed by atoms with Crippen LogP contribution in [-0.2, 0) is 0 Å². The average molecular weight is 96.0 g/mol. The third kappa shape index (κ3) is 0.989. The smallest absolute Gasteiger partial charge is 0.0695 e. The van der Waals surface area contributed by atoms with Crippen LogP contribution >= 0.6 is 0 Å². The van der Waals surface area contributed by atoms with Crippen molar-refractivity contribution in [3.63, 3.8) is 0 Å². The fourth-order valence-corrected chi connectivity index (χ4v) is 1.28. The molecule has 1 heteroatoms. The van der Waals surface area contributed by atoms with Crippen molar-refractivity contribution >= 4 is 7.85 Å². The van der Waals surface area contributed by atoms with Gasteiger partial charge in [0.15, 0.2) is 0 Å². The molecular weight excluding hydrogens is 82.9 g/mol. The minimum absolute atomic E-state index is 0.940. The Balaban J connectivity index is 2.20. The molecule has 1 fully saturated rings. The second kappa shape index (κ2) is 1.54. The summed E-state index contributed by atoms with van der Waals surface area (Å²) in [6.45, 7) is 4.65. The van der Waals surface area contributed by atoms with E-state index in [2.05, 4.69) is 21.7 Å². The van der Waals surface area contributed by atoms with Gasteiger partial charge in [-0.3, -0.25) is 0 Å². The van der Waals surface area contributed by atoms with Gasteiger partial charge in [-0.1, -0.05) is 19.7 Å². The maximum atomic E-state index is 2.34. The van der Waals surface area contributed by atoms with Crippen LogP contribution in [0.3, 0.4) is 0 Å². The van der Waals surface area contributed by atoms with E-state index in [0.29, 0.717) is 0 Å². The van der Waals surface area contributed by atoms with Crippen molar-refractivity contribution in [2.24, 2.45) is 11.8 Å². The van der Waals surface area contributed by atoms with Gasteiger partial charge in [0, 0.05) is 0 Å². The molecule has 0 radical (unpaired) electrons. The summed E-state index contributed by atoms with van der Waals surface area (Å²) in [6, 6.07) is 0. The lowest BCUT2D eigenvalue weighted by atomic mass is 9.84. The molecule has 0 saturated heterocycles. The van der Waals surface area contributed by atoms with Gasteiger partial charge in [-0.15, -0.1) is 0 Å². The highest BCUT2D eigenvalue weighted by atomic mass is 14.4. The molecule has 0 aromatic carbocycles. The summed E-state index contributed by atoms with van der Waals surface area (Å²) < 4.78 is 0. The van der Waals surface area contributed by atoms with Crippen molar-refractivity contribution in [3.05, 3.63) is 0 Å². The van der Waals surface area contributed by atoms with Crippen LogP contribution in [-0.4, -0.2) is 7.85 Å². The lowest BCUT2D eigenvalue weighted by molar-refractivity contribution is 0.722. The molecule has 0 bridgehead atoms. The molecule has 0 aromatic heterocycles. The number of hydrogen-bond donors (Lipinski definition) is 0. The molecule has 0 aromatic rings. The fraction of sp³-hybridized carbons (Fsp3) is 1.00. The minimum Gasteiger partial charge on any atom is -0.0695 e. The second-order valence-electron chi connectivity index (χ2n) is 3.12. The van der Waals surface area contributed by atoms with Crippen LogP contribution < -0.4 is 0 Å². The van der Waals surface area contributed by atoms with Gasteiger partial charge in [0.1, 0.15) is 7.85 Å². The first-order valence-electron chi connectivity index (χ1n) is 3.22. The van der Waals surface area contributed by atoms with Crippen LogP contribution in [0.4, 0.5) is 0 Å². The van der Waals surface area contributed by atoms with Gasteiger partial charge >= 0.3 is 0 Å². The van der Waals surface area contributed by atoms with Crippen molar-refractivity contribution in [1.29, 1.82) is 0 Å². The van der Waals surface area contributed by atoms with Crippen molar-refractivity contribution < 1.29 is 0 Å². The Hall–Kier alpha value is 0.0649. The van der Waals surface area contributed by atoms with Gasteiger partial charge < -0.3 is 0 Å². The van der Waals surface area contributed by atoms with Crippen molar-refractivity contribution in [2.75, 3.05) is 0 Å². The molecule has 1 aliphatic rings. The third-order valence-corrected chi connectivity index (χ3v) is 2.03. The van der Waals surface area contributed by atoms with Gasteiger partial charge in [-0.2, -0.15) is 0 Å². The first-order chi connectivity index (χ1) is 3.22. The Morgan fingerprint density at radius 2 is 2.14 bits per heavy atom. The fourth-order valence-electron chi connectivity index (χ4n) is 1.28. The molecule has 0 nitrogen and oxygen atoms in total. The Morgan fingerprint density at radius 3 is 2.14 bits per heavy atom. The molecular formula is C6H13B. The third-order valence-electron chi connectivity index (χ3n) is 2.03. The van der Waals surface area contributed by atoms with E-state index in [9.17, 15) is 0 Å². The lowest BCUT2D eigenvalue weighted by Crippen LogP contribution is -1.87. The molecule has 0 spiro atoms. The van der Waals surface area contributed by atoms with Crippen LogP contribution in [0.25, 0.3) is 0 Å². The Labute approximate surface area is 46.7 Å². The highest BCUT2D eigenvalue weighted by molar-refractivity contribution is 6.11. The van der Waals surface area contributed by atoms with E-state index < -0.39 is 0 Å². The first kappa shape index (κ1) is 5.21. The van der Waals surface area contributed by atoms with E-state index in [-0.39, 0.29) is 0 Å². The highest BCUT2D eigenvalue weighted by Gasteiger charge is 2.34. The zero-order valence-corrected chi connectivity index (χ0v) is 5.44. The summed E-state index contributed by atoms with van der Waals surface area (Å²) in [5, 5.41) is 0. The largest absolute Gasteiger partial charge is 0.105 e. The van der Waals surface area contributed by atoms with Crippen molar-refractivity contribution in [3.8, 4) is 0 Å². The summed E-state index contributed by atoms with van der Waals surface area (Å²) in [7, 11) is 2.31. The van der Waals surface area contributed by atoms with Gasteiger partial charge in [0.2, 0.25) is 0 Å². The Morgan fingerprint density at radius 1 is 1.71 bits per heavy atom. The molecule has 0 N–H and O–H groups in total. The summed E-state index contributed by atoms with van der Waals surface area (Å²) in [5.74, 6) is 3.05. The standard InChI is InChI=1S/C6H13B/c1-4-3-6(4)5(2)7/h4-6H,3,7H2,1-2H3. The SMILES string of the molecule is BC(C)C1CC1C. The monoisotopic (exact) mass is 96.1 g/mol. The zero-order valence-electron chi connectivity index (χ0n) is 5.44. The van der Waals surface area contributed by atoms with E-state index in [0.717, 1.165) is 17.7 Å². The van der Waals surface area contributed by atoms with E-state index in [4.69, 9.17) is 0 Å². The highest BCUT2D eigenvalue weighted by Crippen LogP contribution is 2.44. The topological polar surface area (TPSA) is 0 Å². The predicted molar refractivity (Wildman–Crippen MR) is 35.2 cm³/mol. The summed E-state index contributed by atoms with van der Waals surface area (Å²) in [4.78, 5) is 0. The summed E-state index contributed by atoms with van der Waals surface area (Å²) >= 11 is 0. The number of rotatable bonds is 1. The van der Waals surface area contributed by atoms with Crippen molar-refractivity contribution in [1.82, 2.24) is 0 Å². The van der Waals surface area contributed by atoms with Crippen LogP contribution in [0.5, 0.6) is 0 Å². The van der Waals surface area contributed by atoms with Crippen LogP contribution in [0.2, 0.25) is 5.82 Å². The molecule has 7 heavy (non-hydrogen) atoms. The Kier molecular flexibility index (Phi) is 1.14. The van der Waals surface area contributed by atoms with Gasteiger partial charge in [0.25, 0.3) is 0 Å². The Bertz CT molecular complexity index is 68.6. The predicted octanol–water partition coefficient (Wildman–Crippen LogP) is 1.08. The zero-order chi connectivity index (χ0) is 5.44. The molecule has 0 amide bonds. The lowest BCUT2D eigenvalue weighted by Gasteiger charge is -1.96. The normalized spacial score (nSPS) is 43.1. The second-order valence-corrected chi connectivity index (χ2v) is 3.12. The van der Waals surface area contributed by atoms with E-state index >= 15 is 0 Å². The molecule has 1 saturated carbocycles. The quantitative estimate of drug-likeness (QED) is 0.428. The van der Waals surface area contributed by atoms with E-state index in [1.54, 1.807) is 0 Å². The molecule has 0 aliphatic heterocycles. The van der Waals surface area contributed by atoms with Crippen LogP contribution in [0, 0.1) is 11.8 Å². The maximum Gasteiger partial charge on any atom is 0.105 e. The van der Waals surface area contributed by atoms with E-state index in [1.807, 2.05) is 0 Å². The molecule has 40 valence electrons. The van der Waals surface area contributed by atoms with Crippen molar-refractivity contribution in [2.45, 2.75) is 26.1 Å². The van der Waals surface area contributed by atoms with E-state index in [1.165, 1.54) is 6.42 Å².